The van der Waals surface area contributed by atoms with Crippen molar-refractivity contribution >= 4 is 21.6 Å². The molecule has 100 valence electrons. The zero-order chi connectivity index (χ0) is 13.8. The summed E-state index contributed by atoms with van der Waals surface area (Å²) in [4.78, 5) is 0. The first-order chi connectivity index (χ1) is 9.06. The summed E-state index contributed by atoms with van der Waals surface area (Å²) in [6.45, 7) is 1.93. The van der Waals surface area contributed by atoms with Crippen molar-refractivity contribution in [1.29, 1.82) is 0 Å². The van der Waals surface area contributed by atoms with E-state index >= 15 is 0 Å². The highest BCUT2D eigenvalue weighted by molar-refractivity contribution is 9.10. The number of halogens is 3. The van der Waals surface area contributed by atoms with Crippen LogP contribution in [-0.4, -0.2) is 6.04 Å². The van der Waals surface area contributed by atoms with E-state index in [0.29, 0.717) is 17.7 Å². The van der Waals surface area contributed by atoms with E-state index in [4.69, 9.17) is 0 Å². The molecule has 0 bridgehead atoms. The molecular weight excluding hydrogens is 312 g/mol. The van der Waals surface area contributed by atoms with Crippen LogP contribution in [0.25, 0.3) is 0 Å². The predicted molar refractivity (Wildman–Crippen MR) is 77.3 cm³/mol. The van der Waals surface area contributed by atoms with Gasteiger partial charge in [0.05, 0.1) is 5.69 Å². The van der Waals surface area contributed by atoms with Gasteiger partial charge >= 0.3 is 0 Å². The van der Waals surface area contributed by atoms with Crippen molar-refractivity contribution in [3.63, 3.8) is 0 Å². The van der Waals surface area contributed by atoms with Crippen LogP contribution in [0.3, 0.4) is 0 Å². The third kappa shape index (κ3) is 3.77. The van der Waals surface area contributed by atoms with E-state index in [9.17, 15) is 8.78 Å². The fourth-order valence-electron chi connectivity index (χ4n) is 1.92. The van der Waals surface area contributed by atoms with Crippen LogP contribution in [0.5, 0.6) is 0 Å². The highest BCUT2D eigenvalue weighted by atomic mass is 79.9. The average Bonchev–Trinajstić information content (AvgIpc) is 2.37. The van der Waals surface area contributed by atoms with Crippen LogP contribution < -0.4 is 5.32 Å². The Kier molecular flexibility index (Phi) is 4.53. The Morgan fingerprint density at radius 1 is 1.16 bits per heavy atom. The summed E-state index contributed by atoms with van der Waals surface area (Å²) in [7, 11) is 0. The Balaban J connectivity index is 2.07. The second kappa shape index (κ2) is 6.15. The van der Waals surface area contributed by atoms with Crippen LogP contribution in [0.1, 0.15) is 12.5 Å². The Morgan fingerprint density at radius 3 is 2.63 bits per heavy atom. The zero-order valence-corrected chi connectivity index (χ0v) is 12.0. The SMILES string of the molecule is CC(Cc1ccccc1F)Nc1cc(F)ccc1Br. The zero-order valence-electron chi connectivity index (χ0n) is 10.5. The van der Waals surface area contributed by atoms with Gasteiger partial charge in [-0.3, -0.25) is 0 Å². The molecule has 0 amide bonds. The summed E-state index contributed by atoms with van der Waals surface area (Å²) in [6.07, 6.45) is 0.537. The highest BCUT2D eigenvalue weighted by Gasteiger charge is 2.09. The Hall–Kier alpha value is -1.42. The predicted octanol–water partition coefficient (Wildman–Crippen LogP) is 4.77. The van der Waals surface area contributed by atoms with Crippen molar-refractivity contribution in [2.75, 3.05) is 5.32 Å². The molecule has 0 aliphatic rings. The normalized spacial score (nSPS) is 12.2. The van der Waals surface area contributed by atoms with Gasteiger partial charge in [0.1, 0.15) is 11.6 Å². The van der Waals surface area contributed by atoms with Gasteiger partial charge in [0.15, 0.2) is 0 Å². The Labute approximate surface area is 119 Å². The molecule has 0 aliphatic heterocycles. The first-order valence-corrected chi connectivity index (χ1v) is 6.80. The fraction of sp³-hybridized carbons (Fsp3) is 0.200. The van der Waals surface area contributed by atoms with Crippen LogP contribution in [0.4, 0.5) is 14.5 Å². The summed E-state index contributed by atoms with van der Waals surface area (Å²) in [5, 5.41) is 3.17. The topological polar surface area (TPSA) is 12.0 Å². The van der Waals surface area contributed by atoms with Crippen LogP contribution in [-0.2, 0) is 6.42 Å². The van der Waals surface area contributed by atoms with Gasteiger partial charge in [-0.25, -0.2) is 8.78 Å². The lowest BCUT2D eigenvalue weighted by atomic mass is 10.1. The molecule has 2 aromatic rings. The fourth-order valence-corrected chi connectivity index (χ4v) is 2.28. The standard InChI is InChI=1S/C15H14BrF2N/c1-10(8-11-4-2-3-5-14(11)18)19-15-9-12(17)6-7-13(15)16/h2-7,9-10,19H,8H2,1H3. The number of anilines is 1. The van der Waals surface area contributed by atoms with E-state index in [2.05, 4.69) is 21.2 Å². The van der Waals surface area contributed by atoms with E-state index in [-0.39, 0.29) is 17.7 Å². The summed E-state index contributed by atoms with van der Waals surface area (Å²) < 4.78 is 27.5. The molecule has 0 fully saturated rings. The van der Waals surface area contributed by atoms with Crippen molar-refractivity contribution in [1.82, 2.24) is 0 Å². The molecule has 1 unspecified atom stereocenters. The van der Waals surface area contributed by atoms with Crippen LogP contribution in [0.2, 0.25) is 0 Å². The number of hydrogen-bond donors (Lipinski definition) is 1. The second-order valence-corrected chi connectivity index (χ2v) is 5.32. The van der Waals surface area contributed by atoms with E-state index < -0.39 is 0 Å². The van der Waals surface area contributed by atoms with Crippen LogP contribution in [0, 0.1) is 11.6 Å². The molecule has 4 heteroatoms. The first-order valence-electron chi connectivity index (χ1n) is 6.01. The third-order valence-electron chi connectivity index (χ3n) is 2.81. The van der Waals surface area contributed by atoms with Crippen molar-refractivity contribution in [2.24, 2.45) is 0 Å². The molecule has 0 radical (unpaired) electrons. The molecule has 0 heterocycles. The monoisotopic (exact) mass is 325 g/mol. The number of benzene rings is 2. The number of hydrogen-bond acceptors (Lipinski definition) is 1. The quantitative estimate of drug-likeness (QED) is 0.853. The lowest BCUT2D eigenvalue weighted by Gasteiger charge is -2.17. The number of rotatable bonds is 4. The summed E-state index contributed by atoms with van der Waals surface area (Å²) in [5.41, 5.74) is 1.32. The van der Waals surface area contributed by atoms with Gasteiger partial charge in [-0.15, -0.1) is 0 Å². The van der Waals surface area contributed by atoms with Crippen LogP contribution in [0.15, 0.2) is 46.9 Å². The molecule has 0 saturated heterocycles. The van der Waals surface area contributed by atoms with Gasteiger partial charge in [-0.05, 0) is 59.1 Å². The maximum atomic E-state index is 13.5. The van der Waals surface area contributed by atoms with Crippen molar-refractivity contribution in [3.05, 3.63) is 64.1 Å². The lowest BCUT2D eigenvalue weighted by Crippen LogP contribution is -2.19. The smallest absolute Gasteiger partial charge is 0.126 e. The molecule has 0 aliphatic carbocycles. The minimum atomic E-state index is -0.302. The molecule has 0 spiro atoms. The maximum absolute atomic E-state index is 13.5. The third-order valence-corrected chi connectivity index (χ3v) is 3.51. The Morgan fingerprint density at radius 2 is 1.89 bits per heavy atom. The van der Waals surface area contributed by atoms with Crippen LogP contribution >= 0.6 is 15.9 Å². The molecule has 19 heavy (non-hydrogen) atoms. The molecule has 1 N–H and O–H groups in total. The molecular formula is C15H14BrF2N. The molecule has 0 aromatic heterocycles. The molecule has 2 aromatic carbocycles. The van der Waals surface area contributed by atoms with E-state index in [1.807, 2.05) is 13.0 Å². The van der Waals surface area contributed by atoms with Gasteiger partial charge in [0.2, 0.25) is 0 Å². The van der Waals surface area contributed by atoms with Crippen molar-refractivity contribution < 1.29 is 8.78 Å². The van der Waals surface area contributed by atoms with Gasteiger partial charge < -0.3 is 5.32 Å². The number of nitrogens with one attached hydrogen (secondary N) is 1. The summed E-state index contributed by atoms with van der Waals surface area (Å²) in [5.74, 6) is -0.516. The molecule has 2 rings (SSSR count). The first kappa shape index (κ1) is 14.0. The second-order valence-electron chi connectivity index (χ2n) is 4.47. The van der Waals surface area contributed by atoms with Gasteiger partial charge in [0, 0.05) is 10.5 Å². The molecule has 1 nitrogen and oxygen atoms in total. The summed E-state index contributed by atoms with van der Waals surface area (Å²) in [6, 6.07) is 11.1. The highest BCUT2D eigenvalue weighted by Crippen LogP contribution is 2.24. The minimum Gasteiger partial charge on any atom is -0.381 e. The minimum absolute atomic E-state index is 0.00463. The van der Waals surface area contributed by atoms with E-state index in [1.165, 1.54) is 18.2 Å². The largest absolute Gasteiger partial charge is 0.381 e. The molecule has 1 atom stereocenters. The Bertz CT molecular complexity index is 572. The lowest BCUT2D eigenvalue weighted by molar-refractivity contribution is 0.600. The van der Waals surface area contributed by atoms with E-state index in [0.717, 1.165) is 4.47 Å². The van der Waals surface area contributed by atoms with Gasteiger partial charge in [0.25, 0.3) is 0 Å². The summed E-state index contributed by atoms with van der Waals surface area (Å²) >= 11 is 3.36. The average molecular weight is 326 g/mol. The molecule has 0 saturated carbocycles. The maximum Gasteiger partial charge on any atom is 0.126 e. The van der Waals surface area contributed by atoms with E-state index in [1.54, 1.807) is 18.2 Å². The van der Waals surface area contributed by atoms with Crippen molar-refractivity contribution in [3.8, 4) is 0 Å². The van der Waals surface area contributed by atoms with Gasteiger partial charge in [-0.1, -0.05) is 18.2 Å². The van der Waals surface area contributed by atoms with Crippen molar-refractivity contribution in [2.45, 2.75) is 19.4 Å². The van der Waals surface area contributed by atoms with Gasteiger partial charge in [-0.2, -0.15) is 0 Å².